The van der Waals surface area contributed by atoms with Gasteiger partial charge in [-0.05, 0) is 12.3 Å². The van der Waals surface area contributed by atoms with E-state index in [1.54, 1.807) is 0 Å². The molecule has 1 unspecified atom stereocenters. The van der Waals surface area contributed by atoms with Crippen LogP contribution in [0.2, 0.25) is 0 Å². The van der Waals surface area contributed by atoms with E-state index in [0.29, 0.717) is 17.4 Å². The lowest BCUT2D eigenvalue weighted by Gasteiger charge is -2.03. The SMILES string of the molecule is CC(C)CCCS(=O)CCC(=O)O. The van der Waals surface area contributed by atoms with Gasteiger partial charge in [0.15, 0.2) is 0 Å². The van der Waals surface area contributed by atoms with Crippen molar-refractivity contribution in [2.75, 3.05) is 11.5 Å². The Morgan fingerprint density at radius 3 is 2.46 bits per heavy atom. The first-order valence-corrected chi connectivity index (χ1v) is 6.08. The molecule has 0 aromatic rings. The fraction of sp³-hybridized carbons (Fsp3) is 0.889. The number of carboxylic acids is 1. The summed E-state index contributed by atoms with van der Waals surface area (Å²) in [7, 11) is -0.938. The van der Waals surface area contributed by atoms with Crippen LogP contribution in [0.3, 0.4) is 0 Å². The number of carbonyl (C=O) groups is 1. The average Bonchev–Trinajstić information content (AvgIpc) is 2.00. The Bertz CT molecular complexity index is 178. The average molecular weight is 206 g/mol. The van der Waals surface area contributed by atoms with E-state index in [1.807, 2.05) is 0 Å². The van der Waals surface area contributed by atoms with Crippen LogP contribution in [0.4, 0.5) is 0 Å². The zero-order valence-corrected chi connectivity index (χ0v) is 9.10. The van der Waals surface area contributed by atoms with Crippen LogP contribution in [0.15, 0.2) is 0 Å². The second-order valence-corrected chi connectivity index (χ2v) is 5.22. The first kappa shape index (κ1) is 12.6. The molecule has 13 heavy (non-hydrogen) atoms. The highest BCUT2D eigenvalue weighted by molar-refractivity contribution is 7.84. The normalized spacial score (nSPS) is 13.2. The van der Waals surface area contributed by atoms with Crippen LogP contribution in [0.1, 0.15) is 33.1 Å². The molecule has 1 atom stereocenters. The molecule has 0 aliphatic heterocycles. The molecule has 4 heteroatoms. The predicted octanol–water partition coefficient (Wildman–Crippen LogP) is 1.65. The van der Waals surface area contributed by atoms with Crippen molar-refractivity contribution >= 4 is 16.8 Å². The zero-order chi connectivity index (χ0) is 10.3. The minimum Gasteiger partial charge on any atom is -0.481 e. The van der Waals surface area contributed by atoms with Gasteiger partial charge in [-0.1, -0.05) is 20.3 Å². The lowest BCUT2D eigenvalue weighted by Crippen LogP contribution is -2.08. The van der Waals surface area contributed by atoms with Crippen LogP contribution in [-0.2, 0) is 15.6 Å². The molecule has 0 aromatic carbocycles. The highest BCUT2D eigenvalue weighted by Gasteiger charge is 2.04. The third kappa shape index (κ3) is 9.53. The van der Waals surface area contributed by atoms with Gasteiger partial charge < -0.3 is 5.11 Å². The monoisotopic (exact) mass is 206 g/mol. The van der Waals surface area contributed by atoms with Crippen LogP contribution >= 0.6 is 0 Å². The Balaban J connectivity index is 3.36. The molecule has 0 heterocycles. The van der Waals surface area contributed by atoms with E-state index in [9.17, 15) is 9.00 Å². The summed E-state index contributed by atoms with van der Waals surface area (Å²) >= 11 is 0. The summed E-state index contributed by atoms with van der Waals surface area (Å²) in [5.41, 5.74) is 0. The standard InChI is InChI=1S/C9H18O3S/c1-8(2)4-3-6-13(12)7-5-9(10)11/h8H,3-7H2,1-2H3,(H,10,11). The van der Waals surface area contributed by atoms with Gasteiger partial charge in [0.2, 0.25) is 0 Å². The van der Waals surface area contributed by atoms with E-state index >= 15 is 0 Å². The molecule has 0 spiro atoms. The summed E-state index contributed by atoms with van der Waals surface area (Å²) in [6, 6.07) is 0. The second-order valence-electron chi connectivity index (χ2n) is 3.53. The predicted molar refractivity (Wildman–Crippen MR) is 54.2 cm³/mol. The third-order valence-corrected chi connectivity index (χ3v) is 3.10. The molecule has 0 amide bonds. The molecule has 0 aliphatic carbocycles. The maximum absolute atomic E-state index is 11.2. The molecule has 0 saturated carbocycles. The highest BCUT2D eigenvalue weighted by atomic mass is 32.2. The maximum Gasteiger partial charge on any atom is 0.304 e. The lowest BCUT2D eigenvalue weighted by atomic mass is 10.1. The van der Waals surface area contributed by atoms with Gasteiger partial charge in [-0.2, -0.15) is 0 Å². The first-order valence-electron chi connectivity index (χ1n) is 4.59. The molecule has 78 valence electrons. The van der Waals surface area contributed by atoms with Gasteiger partial charge in [0.05, 0.1) is 6.42 Å². The van der Waals surface area contributed by atoms with Crippen molar-refractivity contribution in [2.24, 2.45) is 5.92 Å². The van der Waals surface area contributed by atoms with Gasteiger partial charge in [-0.15, -0.1) is 0 Å². The van der Waals surface area contributed by atoms with Crippen LogP contribution < -0.4 is 0 Å². The molecule has 3 nitrogen and oxygen atoms in total. The molecular weight excluding hydrogens is 188 g/mol. The minimum atomic E-state index is -0.938. The molecule has 0 fully saturated rings. The summed E-state index contributed by atoms with van der Waals surface area (Å²) in [6.07, 6.45) is 2.02. The van der Waals surface area contributed by atoms with Gasteiger partial charge in [0.1, 0.15) is 0 Å². The summed E-state index contributed by atoms with van der Waals surface area (Å²) in [4.78, 5) is 10.2. The van der Waals surface area contributed by atoms with Crippen LogP contribution in [-0.4, -0.2) is 26.8 Å². The van der Waals surface area contributed by atoms with E-state index in [1.165, 1.54) is 0 Å². The van der Waals surface area contributed by atoms with Crippen molar-refractivity contribution in [3.63, 3.8) is 0 Å². The third-order valence-electron chi connectivity index (χ3n) is 1.70. The molecule has 0 aromatic heterocycles. The maximum atomic E-state index is 11.2. The fourth-order valence-electron chi connectivity index (χ4n) is 0.956. The van der Waals surface area contributed by atoms with Gasteiger partial charge in [-0.25, -0.2) is 0 Å². The fourth-order valence-corrected chi connectivity index (χ4v) is 2.05. The van der Waals surface area contributed by atoms with Crippen molar-refractivity contribution in [3.8, 4) is 0 Å². The molecule has 0 bridgehead atoms. The van der Waals surface area contributed by atoms with Crippen LogP contribution in [0.5, 0.6) is 0 Å². The number of rotatable bonds is 7. The smallest absolute Gasteiger partial charge is 0.304 e. The van der Waals surface area contributed by atoms with E-state index in [-0.39, 0.29) is 6.42 Å². The largest absolute Gasteiger partial charge is 0.481 e. The summed E-state index contributed by atoms with van der Waals surface area (Å²) in [6.45, 7) is 4.25. The van der Waals surface area contributed by atoms with Crippen LogP contribution in [0.25, 0.3) is 0 Å². The van der Waals surface area contributed by atoms with E-state index in [4.69, 9.17) is 5.11 Å². The van der Waals surface area contributed by atoms with E-state index < -0.39 is 16.8 Å². The molecule has 0 radical (unpaired) electrons. The number of hydrogen-bond donors (Lipinski definition) is 1. The van der Waals surface area contributed by atoms with Gasteiger partial charge in [0.25, 0.3) is 0 Å². The Morgan fingerprint density at radius 1 is 1.38 bits per heavy atom. The van der Waals surface area contributed by atoms with Gasteiger partial charge in [0, 0.05) is 22.3 Å². The number of hydrogen-bond acceptors (Lipinski definition) is 2. The summed E-state index contributed by atoms with van der Waals surface area (Å²) in [5.74, 6) is 0.715. The quantitative estimate of drug-likeness (QED) is 0.689. The highest BCUT2D eigenvalue weighted by Crippen LogP contribution is 2.04. The molecule has 1 N–H and O–H groups in total. The van der Waals surface area contributed by atoms with Crippen molar-refractivity contribution in [1.82, 2.24) is 0 Å². The molecule has 0 rings (SSSR count). The van der Waals surface area contributed by atoms with Crippen molar-refractivity contribution in [2.45, 2.75) is 33.1 Å². The zero-order valence-electron chi connectivity index (χ0n) is 8.28. The Kier molecular flexibility index (Phi) is 6.86. The Hall–Kier alpha value is -0.380. The molecule has 0 saturated heterocycles. The summed E-state index contributed by atoms with van der Waals surface area (Å²) in [5, 5.41) is 8.34. The second kappa shape index (κ2) is 7.06. The first-order chi connectivity index (χ1) is 6.02. The number of carboxylic acid groups (broad SMARTS) is 1. The van der Waals surface area contributed by atoms with Gasteiger partial charge in [-0.3, -0.25) is 9.00 Å². The Morgan fingerprint density at radius 2 is 2.00 bits per heavy atom. The van der Waals surface area contributed by atoms with Crippen molar-refractivity contribution in [3.05, 3.63) is 0 Å². The molecule has 0 aliphatic rings. The van der Waals surface area contributed by atoms with E-state index in [0.717, 1.165) is 12.8 Å². The lowest BCUT2D eigenvalue weighted by molar-refractivity contribution is -0.136. The number of aliphatic carboxylic acids is 1. The van der Waals surface area contributed by atoms with Gasteiger partial charge >= 0.3 is 5.97 Å². The minimum absolute atomic E-state index is 0.0221. The van der Waals surface area contributed by atoms with Crippen LogP contribution in [0, 0.1) is 5.92 Å². The Labute approximate surface area is 82.0 Å². The summed E-state index contributed by atoms with van der Waals surface area (Å²) < 4.78 is 11.2. The van der Waals surface area contributed by atoms with E-state index in [2.05, 4.69) is 13.8 Å². The van der Waals surface area contributed by atoms with Crippen molar-refractivity contribution < 1.29 is 14.1 Å². The van der Waals surface area contributed by atoms with Crippen molar-refractivity contribution in [1.29, 1.82) is 0 Å². The molecular formula is C9H18O3S. The topological polar surface area (TPSA) is 54.4 Å².